The summed E-state index contributed by atoms with van der Waals surface area (Å²) in [4.78, 5) is 24.6. The highest BCUT2D eigenvalue weighted by molar-refractivity contribution is 5.98. The molecule has 1 aromatic carbocycles. The van der Waals surface area contributed by atoms with Gasteiger partial charge >= 0.3 is 11.9 Å². The van der Waals surface area contributed by atoms with Crippen LogP contribution in [0.4, 0.5) is 5.69 Å². The number of esters is 2. The first kappa shape index (κ1) is 18.1. The van der Waals surface area contributed by atoms with Crippen LogP contribution in [0.5, 0.6) is 0 Å². The summed E-state index contributed by atoms with van der Waals surface area (Å²) < 4.78 is 11.5. The van der Waals surface area contributed by atoms with Gasteiger partial charge < -0.3 is 19.8 Å². The van der Waals surface area contributed by atoms with E-state index in [1.165, 1.54) is 17.9 Å². The molecule has 7 nitrogen and oxygen atoms in total. The molecule has 0 aliphatic rings. The van der Waals surface area contributed by atoms with Gasteiger partial charge in [-0.15, -0.1) is 0 Å². The molecule has 0 radical (unpaired) electrons. The fraction of sp³-hybridized carbons (Fsp3) is 0.278. The van der Waals surface area contributed by atoms with Crippen molar-refractivity contribution in [3.63, 3.8) is 0 Å². The van der Waals surface area contributed by atoms with Gasteiger partial charge in [0.2, 0.25) is 0 Å². The highest BCUT2D eigenvalue weighted by Gasteiger charge is 2.26. The van der Waals surface area contributed by atoms with Crippen molar-refractivity contribution < 1.29 is 19.1 Å². The number of nitriles is 1. The van der Waals surface area contributed by atoms with Gasteiger partial charge in [-0.2, -0.15) is 5.26 Å². The monoisotopic (exact) mass is 341 g/mol. The Morgan fingerprint density at radius 3 is 2.40 bits per heavy atom. The number of carbonyl (C=O) groups excluding carboxylic acids is 2. The van der Waals surface area contributed by atoms with E-state index in [9.17, 15) is 14.9 Å². The van der Waals surface area contributed by atoms with E-state index in [4.69, 9.17) is 15.2 Å². The van der Waals surface area contributed by atoms with Gasteiger partial charge in [0, 0.05) is 6.20 Å². The van der Waals surface area contributed by atoms with Gasteiger partial charge in [-0.1, -0.05) is 12.1 Å². The first-order valence-corrected chi connectivity index (χ1v) is 7.51. The van der Waals surface area contributed by atoms with Gasteiger partial charge in [0.25, 0.3) is 0 Å². The van der Waals surface area contributed by atoms with Crippen molar-refractivity contribution in [3.05, 3.63) is 47.3 Å². The number of anilines is 1. The van der Waals surface area contributed by atoms with E-state index >= 15 is 0 Å². The molecule has 2 rings (SSSR count). The fourth-order valence-electron chi connectivity index (χ4n) is 2.29. The quantitative estimate of drug-likeness (QED) is 0.860. The Morgan fingerprint density at radius 2 is 1.84 bits per heavy atom. The number of aromatic nitrogens is 1. The molecule has 0 spiro atoms. The lowest BCUT2D eigenvalue weighted by atomic mass is 10.1. The lowest BCUT2D eigenvalue weighted by Gasteiger charge is -2.21. The van der Waals surface area contributed by atoms with E-state index in [2.05, 4.69) is 0 Å². The van der Waals surface area contributed by atoms with E-state index in [0.717, 1.165) is 0 Å². The highest BCUT2D eigenvalue weighted by atomic mass is 16.6. The number of carbonyl (C=O) groups is 2. The second kappa shape index (κ2) is 6.69. The third kappa shape index (κ3) is 3.63. The zero-order valence-electron chi connectivity index (χ0n) is 14.5. The zero-order chi connectivity index (χ0) is 18.8. The van der Waals surface area contributed by atoms with Crippen LogP contribution < -0.4 is 5.73 Å². The second-order valence-electron chi connectivity index (χ2n) is 6.30. The number of nitrogens with zero attached hydrogens (tertiary/aromatic N) is 2. The molecule has 2 N–H and O–H groups in total. The molecule has 0 fully saturated rings. The molecule has 2 aromatic rings. The number of hydrogen-bond acceptors (Lipinski definition) is 6. The molecular formula is C18H19N3O4. The predicted octanol–water partition coefficient (Wildman–Crippen LogP) is 2.67. The summed E-state index contributed by atoms with van der Waals surface area (Å²) in [7, 11) is 1.21. The maximum atomic E-state index is 12.5. The van der Waals surface area contributed by atoms with Crippen LogP contribution in [-0.4, -0.2) is 29.2 Å². The molecule has 1 aromatic heterocycles. The van der Waals surface area contributed by atoms with Gasteiger partial charge in [-0.25, -0.2) is 9.59 Å². The summed E-state index contributed by atoms with van der Waals surface area (Å²) in [5.74, 6) is -1.26. The van der Waals surface area contributed by atoms with Gasteiger partial charge in [0.1, 0.15) is 11.7 Å². The molecule has 0 unspecified atom stereocenters. The van der Waals surface area contributed by atoms with Crippen LogP contribution in [0.3, 0.4) is 0 Å². The van der Waals surface area contributed by atoms with Crippen LogP contribution in [0.25, 0.3) is 5.69 Å². The van der Waals surface area contributed by atoms with Gasteiger partial charge in [-0.05, 0) is 32.9 Å². The Hall–Kier alpha value is -3.27. The Morgan fingerprint density at radius 1 is 1.20 bits per heavy atom. The normalized spacial score (nSPS) is 10.8. The SMILES string of the molecule is COC(=O)c1c(N)c(C#N)cn1-c1ccccc1C(=O)OC(C)(C)C. The number of nitrogen functional groups attached to an aromatic ring is 1. The summed E-state index contributed by atoms with van der Waals surface area (Å²) in [5, 5.41) is 9.20. The Bertz CT molecular complexity index is 869. The number of benzene rings is 1. The summed E-state index contributed by atoms with van der Waals surface area (Å²) in [6.45, 7) is 5.28. The minimum absolute atomic E-state index is 0.00617. The van der Waals surface area contributed by atoms with Crippen molar-refractivity contribution in [2.45, 2.75) is 26.4 Å². The van der Waals surface area contributed by atoms with Gasteiger partial charge in [-0.3, -0.25) is 0 Å². The molecule has 130 valence electrons. The van der Waals surface area contributed by atoms with E-state index in [0.29, 0.717) is 5.69 Å². The highest BCUT2D eigenvalue weighted by Crippen LogP contribution is 2.27. The lowest BCUT2D eigenvalue weighted by Crippen LogP contribution is -2.25. The largest absolute Gasteiger partial charge is 0.464 e. The van der Waals surface area contributed by atoms with E-state index in [1.54, 1.807) is 45.0 Å². The zero-order valence-corrected chi connectivity index (χ0v) is 14.5. The van der Waals surface area contributed by atoms with Crippen LogP contribution in [0.2, 0.25) is 0 Å². The number of rotatable bonds is 3. The molecule has 1 heterocycles. The lowest BCUT2D eigenvalue weighted by molar-refractivity contribution is 0.00692. The fourth-order valence-corrected chi connectivity index (χ4v) is 2.29. The van der Waals surface area contributed by atoms with Crippen molar-refractivity contribution in [3.8, 4) is 11.8 Å². The van der Waals surface area contributed by atoms with Crippen LogP contribution in [0.15, 0.2) is 30.5 Å². The number of para-hydroxylation sites is 1. The molecular weight excluding hydrogens is 322 g/mol. The Labute approximate surface area is 145 Å². The summed E-state index contributed by atoms with van der Waals surface area (Å²) in [6.07, 6.45) is 1.39. The number of nitrogens with two attached hydrogens (primary N) is 1. The maximum absolute atomic E-state index is 12.5. The van der Waals surface area contributed by atoms with Crippen molar-refractivity contribution in [2.24, 2.45) is 0 Å². The molecule has 7 heteroatoms. The average molecular weight is 341 g/mol. The topological polar surface area (TPSA) is 107 Å². The molecule has 0 saturated heterocycles. The Kier molecular flexibility index (Phi) is 4.84. The number of hydrogen-bond donors (Lipinski definition) is 1. The minimum atomic E-state index is -0.710. The van der Waals surface area contributed by atoms with Crippen molar-refractivity contribution >= 4 is 17.6 Å². The summed E-state index contributed by atoms with van der Waals surface area (Å²) >= 11 is 0. The predicted molar refractivity (Wildman–Crippen MR) is 91.4 cm³/mol. The van der Waals surface area contributed by atoms with Crippen molar-refractivity contribution in [1.82, 2.24) is 4.57 Å². The standard InChI is InChI=1S/C18H19N3O4/c1-18(2,3)25-16(22)12-7-5-6-8-13(12)21-10-11(9-19)14(20)15(21)17(23)24-4/h5-8,10H,20H2,1-4H3. The second-order valence-corrected chi connectivity index (χ2v) is 6.30. The summed E-state index contributed by atoms with van der Waals surface area (Å²) in [5.41, 5.74) is 5.91. The van der Waals surface area contributed by atoms with Crippen molar-refractivity contribution in [2.75, 3.05) is 12.8 Å². The summed E-state index contributed by atoms with van der Waals surface area (Å²) in [6, 6.07) is 8.51. The van der Waals surface area contributed by atoms with Gasteiger partial charge in [0.05, 0.1) is 29.6 Å². The molecule has 0 saturated carbocycles. The molecule has 0 bridgehead atoms. The molecule has 0 aliphatic heterocycles. The maximum Gasteiger partial charge on any atom is 0.357 e. The van der Waals surface area contributed by atoms with Crippen molar-refractivity contribution in [1.29, 1.82) is 5.26 Å². The van der Waals surface area contributed by atoms with Crippen LogP contribution >= 0.6 is 0 Å². The Balaban J connectivity index is 2.67. The minimum Gasteiger partial charge on any atom is -0.464 e. The van der Waals surface area contributed by atoms with Gasteiger partial charge in [0.15, 0.2) is 5.69 Å². The van der Waals surface area contributed by atoms with Crippen LogP contribution in [0.1, 0.15) is 47.2 Å². The molecule has 0 atom stereocenters. The average Bonchev–Trinajstić information content (AvgIpc) is 2.89. The number of methoxy groups -OCH3 is 1. The first-order chi connectivity index (χ1) is 11.7. The third-order valence-electron chi connectivity index (χ3n) is 3.33. The third-order valence-corrected chi connectivity index (χ3v) is 3.33. The van der Waals surface area contributed by atoms with Crippen LogP contribution in [-0.2, 0) is 9.47 Å². The first-order valence-electron chi connectivity index (χ1n) is 7.51. The molecule has 25 heavy (non-hydrogen) atoms. The van der Waals surface area contributed by atoms with Crippen LogP contribution in [0, 0.1) is 11.3 Å². The number of ether oxygens (including phenoxy) is 2. The van der Waals surface area contributed by atoms with E-state index in [-0.39, 0.29) is 22.5 Å². The van der Waals surface area contributed by atoms with E-state index < -0.39 is 17.5 Å². The molecule has 0 aliphatic carbocycles. The smallest absolute Gasteiger partial charge is 0.357 e. The van der Waals surface area contributed by atoms with E-state index in [1.807, 2.05) is 6.07 Å². The molecule has 0 amide bonds.